The van der Waals surface area contributed by atoms with E-state index in [1.165, 1.54) is 0 Å². The Kier molecular flexibility index (Phi) is 7.70. The largest absolute Gasteiger partial charge is 0.497 e. The first-order valence-corrected chi connectivity index (χ1v) is 8.93. The Morgan fingerprint density at radius 3 is 2.41 bits per heavy atom. The first kappa shape index (κ1) is 20.8. The van der Waals surface area contributed by atoms with Gasteiger partial charge in [0.05, 0.1) is 13.2 Å². The molecule has 0 saturated carbocycles. The fourth-order valence-electron chi connectivity index (χ4n) is 3.00. The lowest BCUT2D eigenvalue weighted by Crippen LogP contribution is -2.30. The summed E-state index contributed by atoms with van der Waals surface area (Å²) in [5.74, 6) is 0.788. The molecule has 144 valence electrons. The van der Waals surface area contributed by atoms with Crippen LogP contribution in [0.15, 0.2) is 48.5 Å². The predicted octanol–water partition coefficient (Wildman–Crippen LogP) is 4.18. The van der Waals surface area contributed by atoms with Crippen molar-refractivity contribution in [3.05, 3.63) is 64.7 Å². The average molecular weight is 389 g/mol. The van der Waals surface area contributed by atoms with E-state index >= 15 is 0 Å². The number of hydrogen-bond donors (Lipinski definition) is 1. The van der Waals surface area contributed by atoms with E-state index in [1.807, 2.05) is 36.4 Å². The van der Waals surface area contributed by atoms with Crippen LogP contribution in [0.5, 0.6) is 5.75 Å². The minimum atomic E-state index is -0.129. The zero-order chi connectivity index (χ0) is 19.8. The number of ether oxygens (including phenoxy) is 2. The van der Waals surface area contributed by atoms with Gasteiger partial charge in [0.2, 0.25) is 6.41 Å². The fraction of sp³-hybridized carbons (Fsp3) is 0.286. The smallest absolute Gasteiger partial charge is 0.210 e. The molecule has 1 atom stereocenters. The van der Waals surface area contributed by atoms with Gasteiger partial charge in [-0.2, -0.15) is 0 Å². The Balaban J connectivity index is 0.000000817. The third-order valence-corrected chi connectivity index (χ3v) is 4.54. The maximum atomic E-state index is 11.5. The standard InChI is InChI=1S/C19H19ClN2O2.C2H6O/c1-24-16-5-2-13(3-6-16)19-10-14(8-9-22(19)12-23)17-11-15(20)4-7-18(17)21;1-3-2/h2-7,10-12,19H,8-9,21H2,1H3;1-2H3. The number of rotatable bonds is 4. The van der Waals surface area contributed by atoms with Gasteiger partial charge in [-0.05, 0) is 47.9 Å². The molecule has 1 aliphatic rings. The molecule has 0 saturated heterocycles. The minimum Gasteiger partial charge on any atom is -0.497 e. The van der Waals surface area contributed by atoms with E-state index in [1.54, 1.807) is 32.3 Å². The van der Waals surface area contributed by atoms with E-state index in [0.29, 0.717) is 17.3 Å². The number of amides is 1. The molecule has 6 heteroatoms. The zero-order valence-corrected chi connectivity index (χ0v) is 16.6. The van der Waals surface area contributed by atoms with Crippen LogP contribution in [0.4, 0.5) is 5.69 Å². The van der Waals surface area contributed by atoms with Crippen molar-refractivity contribution in [2.75, 3.05) is 33.6 Å². The van der Waals surface area contributed by atoms with Gasteiger partial charge in [-0.1, -0.05) is 29.8 Å². The molecule has 0 radical (unpaired) electrons. The molecule has 0 fully saturated rings. The summed E-state index contributed by atoms with van der Waals surface area (Å²) in [5, 5.41) is 0.652. The van der Waals surface area contributed by atoms with E-state index in [-0.39, 0.29) is 6.04 Å². The van der Waals surface area contributed by atoms with Crippen LogP contribution in [0.1, 0.15) is 23.6 Å². The Morgan fingerprint density at radius 1 is 1.15 bits per heavy atom. The van der Waals surface area contributed by atoms with Crippen LogP contribution in [-0.4, -0.2) is 39.2 Å². The summed E-state index contributed by atoms with van der Waals surface area (Å²) >= 11 is 6.12. The molecule has 27 heavy (non-hydrogen) atoms. The molecule has 0 aromatic heterocycles. The molecule has 3 rings (SSSR count). The summed E-state index contributed by atoms with van der Waals surface area (Å²) in [6.45, 7) is 0.637. The lowest BCUT2D eigenvalue weighted by molar-refractivity contribution is -0.119. The molecule has 1 heterocycles. The molecular formula is C21H25ClN2O3. The van der Waals surface area contributed by atoms with Crippen molar-refractivity contribution in [2.24, 2.45) is 0 Å². The quantitative estimate of drug-likeness (QED) is 0.630. The summed E-state index contributed by atoms with van der Waals surface area (Å²) in [5.41, 5.74) is 9.87. The lowest BCUT2D eigenvalue weighted by atomic mass is 9.92. The SMILES string of the molecule is COC.COc1ccc(C2C=C(c3cc(Cl)ccc3N)CCN2C=O)cc1. The molecular weight excluding hydrogens is 364 g/mol. The number of carbonyl (C=O) groups is 1. The first-order valence-electron chi connectivity index (χ1n) is 8.55. The third-order valence-electron chi connectivity index (χ3n) is 4.31. The number of nitrogens with zero attached hydrogens (tertiary/aromatic N) is 1. The van der Waals surface area contributed by atoms with Crippen LogP contribution in [0, 0.1) is 0 Å². The van der Waals surface area contributed by atoms with Crippen molar-refractivity contribution in [2.45, 2.75) is 12.5 Å². The molecule has 1 aliphatic heterocycles. The highest BCUT2D eigenvalue weighted by atomic mass is 35.5. The van der Waals surface area contributed by atoms with Crippen LogP contribution < -0.4 is 10.5 Å². The maximum Gasteiger partial charge on any atom is 0.210 e. The second kappa shape index (κ2) is 10.00. The zero-order valence-electron chi connectivity index (χ0n) is 15.8. The van der Waals surface area contributed by atoms with Crippen LogP contribution in [0.2, 0.25) is 5.02 Å². The minimum absolute atomic E-state index is 0.129. The monoisotopic (exact) mass is 388 g/mol. The number of methoxy groups -OCH3 is 2. The molecule has 0 aliphatic carbocycles. The number of nitrogens with two attached hydrogens (primary N) is 1. The van der Waals surface area contributed by atoms with E-state index < -0.39 is 0 Å². The molecule has 0 bridgehead atoms. The van der Waals surface area contributed by atoms with E-state index in [0.717, 1.165) is 35.3 Å². The summed E-state index contributed by atoms with van der Waals surface area (Å²) in [4.78, 5) is 13.2. The van der Waals surface area contributed by atoms with Gasteiger partial charge in [-0.15, -0.1) is 0 Å². The van der Waals surface area contributed by atoms with Crippen molar-refractivity contribution < 1.29 is 14.3 Å². The van der Waals surface area contributed by atoms with Crippen LogP contribution in [-0.2, 0) is 9.53 Å². The van der Waals surface area contributed by atoms with Crippen LogP contribution in [0.25, 0.3) is 5.57 Å². The molecule has 5 nitrogen and oxygen atoms in total. The van der Waals surface area contributed by atoms with Gasteiger partial charge >= 0.3 is 0 Å². The number of hydrogen-bond acceptors (Lipinski definition) is 4. The Labute approximate surface area is 165 Å². The average Bonchev–Trinajstić information content (AvgIpc) is 2.70. The van der Waals surface area contributed by atoms with Gasteiger partial charge in [-0.3, -0.25) is 4.79 Å². The van der Waals surface area contributed by atoms with Gasteiger partial charge in [0.15, 0.2) is 0 Å². The molecule has 1 amide bonds. The Hall–Kier alpha value is -2.50. The second-order valence-electron chi connectivity index (χ2n) is 6.14. The highest BCUT2D eigenvalue weighted by Crippen LogP contribution is 2.36. The topological polar surface area (TPSA) is 64.8 Å². The normalized spacial score (nSPS) is 16.1. The van der Waals surface area contributed by atoms with Crippen molar-refractivity contribution in [1.29, 1.82) is 0 Å². The van der Waals surface area contributed by atoms with Gasteiger partial charge in [0, 0.05) is 37.0 Å². The second-order valence-corrected chi connectivity index (χ2v) is 6.58. The molecule has 2 aromatic rings. The maximum absolute atomic E-state index is 11.5. The summed E-state index contributed by atoms with van der Waals surface area (Å²) < 4.78 is 9.45. The third kappa shape index (κ3) is 5.25. The van der Waals surface area contributed by atoms with Crippen molar-refractivity contribution in [3.8, 4) is 5.75 Å². The molecule has 0 spiro atoms. The van der Waals surface area contributed by atoms with E-state index in [2.05, 4.69) is 10.8 Å². The number of nitrogen functional groups attached to an aromatic ring is 1. The van der Waals surface area contributed by atoms with Crippen molar-refractivity contribution in [1.82, 2.24) is 4.90 Å². The van der Waals surface area contributed by atoms with Crippen LogP contribution >= 0.6 is 11.6 Å². The highest BCUT2D eigenvalue weighted by Gasteiger charge is 2.23. The number of carbonyl (C=O) groups excluding carboxylic acids is 1. The highest BCUT2D eigenvalue weighted by molar-refractivity contribution is 6.30. The number of benzene rings is 2. The first-order chi connectivity index (χ1) is 13.0. The Morgan fingerprint density at radius 2 is 1.81 bits per heavy atom. The fourth-order valence-corrected chi connectivity index (χ4v) is 3.17. The summed E-state index contributed by atoms with van der Waals surface area (Å²) in [6.07, 6.45) is 3.72. The van der Waals surface area contributed by atoms with Crippen molar-refractivity contribution >= 4 is 29.3 Å². The predicted molar refractivity (Wildman–Crippen MR) is 110 cm³/mol. The number of anilines is 1. The van der Waals surface area contributed by atoms with E-state index in [4.69, 9.17) is 22.1 Å². The van der Waals surface area contributed by atoms with Gasteiger partial charge in [0.1, 0.15) is 5.75 Å². The lowest BCUT2D eigenvalue weighted by Gasteiger charge is -2.32. The molecule has 2 N–H and O–H groups in total. The van der Waals surface area contributed by atoms with E-state index in [9.17, 15) is 4.79 Å². The Bertz CT molecular complexity index is 791. The van der Waals surface area contributed by atoms with Gasteiger partial charge < -0.3 is 20.1 Å². The summed E-state index contributed by atoms with van der Waals surface area (Å²) in [7, 11) is 4.88. The van der Waals surface area contributed by atoms with Crippen LogP contribution in [0.3, 0.4) is 0 Å². The van der Waals surface area contributed by atoms with Gasteiger partial charge in [-0.25, -0.2) is 0 Å². The van der Waals surface area contributed by atoms with Gasteiger partial charge in [0.25, 0.3) is 0 Å². The van der Waals surface area contributed by atoms with Crippen molar-refractivity contribution in [3.63, 3.8) is 0 Å². The summed E-state index contributed by atoms with van der Waals surface area (Å²) in [6, 6.07) is 13.1. The number of halogens is 1. The molecule has 2 aromatic carbocycles. The molecule has 1 unspecified atom stereocenters.